The van der Waals surface area contributed by atoms with Crippen LogP contribution < -0.4 is 37.9 Å². The maximum Gasteiger partial charge on any atom is 0.164 e. The standard InChI is InChI=1S/C92H86N12O16/c1-9-61-13-5-29-93-81(61)77(17-1)117-53-45-109-37-33-105-41-49-113-65-21-25-69-73(57-65)89-97-85(69)102-90-75-59-67(115-51-43-107-35-39-111-47-55-119-79-19-3-11-63-15-7-31-95-83(63)79)23-27-71(75)87(99-90)104-92-76-60-68(116-52-44-108-36-40-112-48-56-120-80-20-4-12-64-16-8-32-96-84(64)80)24-28-72(76)88(100-92)103-91-74-58-66(22-26-70(74)86(98-91)101-89)114-50-42-106-34-38-110-46-54-118-78-18-2-10-62-14-6-30-94-82(62)78/h1-32,57-60H,33-56H2,(H2,97,98,99,100,101,102,103,104). The van der Waals surface area contributed by atoms with E-state index in [1.54, 1.807) is 24.8 Å². The van der Waals surface area contributed by atoms with Crippen molar-refractivity contribution in [1.29, 1.82) is 0 Å². The highest BCUT2D eigenvalue weighted by Crippen LogP contribution is 2.41. The molecule has 28 nitrogen and oxygen atoms in total. The molecular weight excluding hydrogens is 1530 g/mol. The summed E-state index contributed by atoms with van der Waals surface area (Å²) in [4.78, 5) is 56.9. The van der Waals surface area contributed by atoms with Crippen molar-refractivity contribution in [1.82, 2.24) is 59.8 Å². The quantitative estimate of drug-likeness (QED) is 0.0335. The van der Waals surface area contributed by atoms with Crippen LogP contribution in [-0.2, 0) is 37.9 Å². The van der Waals surface area contributed by atoms with Crippen LogP contribution in [0.1, 0.15) is 0 Å². The molecule has 0 spiro atoms. The van der Waals surface area contributed by atoms with Crippen LogP contribution in [0.2, 0.25) is 0 Å². The van der Waals surface area contributed by atoms with Gasteiger partial charge in [-0.1, -0.05) is 72.8 Å². The maximum atomic E-state index is 6.38. The highest BCUT2D eigenvalue weighted by atomic mass is 16.6. The number of aromatic amines is 2. The minimum atomic E-state index is 0.254. The van der Waals surface area contributed by atoms with Crippen LogP contribution in [-0.4, -0.2) is 218 Å². The predicted molar refractivity (Wildman–Crippen MR) is 454 cm³/mol. The first-order valence-corrected chi connectivity index (χ1v) is 39.9. The van der Waals surface area contributed by atoms with Crippen molar-refractivity contribution < 1.29 is 75.8 Å². The molecule has 0 saturated carbocycles. The Labute approximate surface area is 688 Å². The molecule has 7 aromatic heterocycles. The molecule has 0 aliphatic carbocycles. The fourth-order valence-corrected chi connectivity index (χ4v) is 13.8. The van der Waals surface area contributed by atoms with Crippen molar-refractivity contribution >= 4 is 87.7 Å². The molecular formula is C92H86N12O16. The van der Waals surface area contributed by atoms with Gasteiger partial charge >= 0.3 is 0 Å². The van der Waals surface area contributed by atoms with E-state index >= 15 is 0 Å². The van der Waals surface area contributed by atoms with Gasteiger partial charge in [0.1, 0.15) is 144 Å². The molecule has 0 radical (unpaired) electrons. The lowest BCUT2D eigenvalue weighted by Gasteiger charge is -2.10. The first-order chi connectivity index (χ1) is 59.5. The molecule has 28 heteroatoms. The monoisotopic (exact) mass is 1610 g/mol. The van der Waals surface area contributed by atoms with Crippen molar-refractivity contribution in [3.05, 3.63) is 219 Å². The molecule has 8 aromatic carbocycles. The molecule has 0 amide bonds. The van der Waals surface area contributed by atoms with Crippen LogP contribution in [0.5, 0.6) is 46.0 Å². The molecule has 8 bridgehead atoms. The van der Waals surface area contributed by atoms with Gasteiger partial charge < -0.3 is 85.8 Å². The SMILES string of the molecule is c1cnc2c(OCCOCCOCCOc3ccc4c(c3)-c3nc-4nc4[nH]c(nc5nc(nc6[nH]c(n3)c3ccc(OCCOCCOCCOc7cccc8cccnc78)cc63)-c3ccc(OCCOCCOCCOc6cccc7cccnc67)cc3-5)c3ccc(OCCOCCOCCOc5cccc6cccnc56)cc43)cccc2c1. The number of ether oxygens (including phenoxy) is 16. The summed E-state index contributed by atoms with van der Waals surface area (Å²) >= 11 is 0. The Bertz CT molecular complexity index is 5820. The molecule has 610 valence electrons. The minimum Gasteiger partial charge on any atom is -0.491 e. The smallest absolute Gasteiger partial charge is 0.164 e. The van der Waals surface area contributed by atoms with Crippen LogP contribution >= 0.6 is 0 Å². The first kappa shape index (κ1) is 79.3. The van der Waals surface area contributed by atoms with Crippen molar-refractivity contribution in [3.8, 4) is 91.5 Å². The van der Waals surface area contributed by atoms with Crippen LogP contribution in [0.3, 0.4) is 0 Å². The van der Waals surface area contributed by atoms with Crippen LogP contribution in [0.4, 0.5) is 0 Å². The first-order valence-electron chi connectivity index (χ1n) is 39.9. The Kier molecular flexibility index (Phi) is 26.3. The third-order valence-corrected chi connectivity index (χ3v) is 19.5. The average Bonchev–Trinajstić information content (AvgIpc) is 1.60. The number of aromatic nitrogens is 12. The largest absolute Gasteiger partial charge is 0.491 e. The van der Waals surface area contributed by atoms with Gasteiger partial charge in [0.25, 0.3) is 0 Å². The fraction of sp³-hybridized carbons (Fsp3) is 0.261. The van der Waals surface area contributed by atoms with Gasteiger partial charge in [-0.05, 0) is 121 Å². The lowest BCUT2D eigenvalue weighted by Crippen LogP contribution is -2.13. The summed E-state index contributed by atoms with van der Waals surface area (Å²) in [6.07, 6.45) is 7.03. The topological polar surface area (TPSA) is 308 Å². The zero-order valence-electron chi connectivity index (χ0n) is 65.8. The van der Waals surface area contributed by atoms with Crippen LogP contribution in [0.25, 0.3) is 133 Å². The summed E-state index contributed by atoms with van der Waals surface area (Å²) in [5.41, 5.74) is 7.84. The Morgan fingerprint density at radius 1 is 0.200 bits per heavy atom. The number of H-pyrrole nitrogens is 2. The number of nitrogens with zero attached hydrogens (tertiary/aromatic N) is 10. The van der Waals surface area contributed by atoms with E-state index in [2.05, 4.69) is 29.9 Å². The number of rotatable bonds is 44. The van der Waals surface area contributed by atoms with Gasteiger partial charge in [0.2, 0.25) is 0 Å². The molecule has 2 aliphatic rings. The summed E-state index contributed by atoms with van der Waals surface area (Å²) in [5, 5.41) is 6.90. The number of pyridine rings is 4. The van der Waals surface area contributed by atoms with Crippen molar-refractivity contribution in [3.63, 3.8) is 0 Å². The maximum absolute atomic E-state index is 6.38. The summed E-state index contributed by atoms with van der Waals surface area (Å²) < 4.78 is 96.7. The fourth-order valence-electron chi connectivity index (χ4n) is 13.8. The van der Waals surface area contributed by atoms with Gasteiger partial charge in [-0.3, -0.25) is 19.9 Å². The van der Waals surface area contributed by atoms with E-state index in [9.17, 15) is 0 Å². The second-order valence-corrected chi connectivity index (χ2v) is 27.5. The Balaban J connectivity index is 0.610. The summed E-state index contributed by atoms with van der Waals surface area (Å²) in [7, 11) is 0. The Morgan fingerprint density at radius 2 is 0.442 bits per heavy atom. The highest BCUT2D eigenvalue weighted by molar-refractivity contribution is 6.07. The normalized spacial score (nSPS) is 11.7. The second-order valence-electron chi connectivity index (χ2n) is 27.5. The molecule has 0 atom stereocenters. The number of nitrogens with one attached hydrogen (secondary N) is 2. The van der Waals surface area contributed by atoms with Gasteiger partial charge in [-0.2, -0.15) is 0 Å². The lowest BCUT2D eigenvalue weighted by molar-refractivity contribution is 0.0275. The molecule has 0 fully saturated rings. The molecule has 0 saturated heterocycles. The summed E-state index contributed by atoms with van der Waals surface area (Å²) in [6, 6.07) is 62.1. The summed E-state index contributed by atoms with van der Waals surface area (Å²) in [6.45, 7) is 8.19. The van der Waals surface area contributed by atoms with E-state index in [0.717, 1.165) is 54.4 Å². The average molecular weight is 1620 g/mol. The number of hydrogen-bond donors (Lipinski definition) is 2. The Morgan fingerprint density at radius 3 is 0.742 bits per heavy atom. The third-order valence-electron chi connectivity index (χ3n) is 19.5. The van der Waals surface area contributed by atoms with Crippen LogP contribution in [0.15, 0.2) is 219 Å². The van der Waals surface area contributed by atoms with Gasteiger partial charge in [0.05, 0.1) is 106 Å². The number of fused-ring (bicyclic) bond motifs is 24. The molecule has 15 aromatic rings. The van der Waals surface area contributed by atoms with E-state index in [4.69, 9.17) is 106 Å². The van der Waals surface area contributed by atoms with Gasteiger partial charge in [-0.15, -0.1) is 0 Å². The third kappa shape index (κ3) is 19.8. The van der Waals surface area contributed by atoms with Gasteiger partial charge in [-0.25, -0.2) is 29.9 Å². The van der Waals surface area contributed by atoms with Crippen molar-refractivity contribution in [2.24, 2.45) is 0 Å². The molecule has 0 unspecified atom stereocenters. The second kappa shape index (κ2) is 39.9. The zero-order valence-corrected chi connectivity index (χ0v) is 65.8. The molecule has 2 N–H and O–H groups in total. The van der Waals surface area contributed by atoms with Crippen molar-refractivity contribution in [2.75, 3.05) is 159 Å². The number of benzene rings is 8. The van der Waals surface area contributed by atoms with Gasteiger partial charge in [0.15, 0.2) is 23.3 Å². The minimum absolute atomic E-state index is 0.254. The van der Waals surface area contributed by atoms with Gasteiger partial charge in [0, 0.05) is 90.1 Å². The molecule has 120 heavy (non-hydrogen) atoms. The van der Waals surface area contributed by atoms with E-state index < -0.39 is 0 Å². The predicted octanol–water partition coefficient (Wildman–Crippen LogP) is 15.0. The van der Waals surface area contributed by atoms with Crippen LogP contribution in [0, 0.1) is 0 Å². The molecule has 17 rings (SSSR count). The van der Waals surface area contributed by atoms with Crippen molar-refractivity contribution in [2.45, 2.75) is 0 Å². The number of hydrogen-bond acceptors (Lipinski definition) is 26. The van der Waals surface area contributed by atoms with E-state index in [-0.39, 0.29) is 26.4 Å². The Hall–Kier alpha value is -13.2. The lowest BCUT2D eigenvalue weighted by atomic mass is 10.1. The zero-order chi connectivity index (χ0) is 80.7. The molecule has 9 heterocycles. The highest BCUT2D eigenvalue weighted by Gasteiger charge is 2.25. The van der Waals surface area contributed by atoms with E-state index in [1.807, 2.05) is 194 Å². The van der Waals surface area contributed by atoms with E-state index in [0.29, 0.717) is 257 Å². The molecule has 2 aliphatic heterocycles. The summed E-state index contributed by atoms with van der Waals surface area (Å²) in [5.74, 6) is 6.64. The van der Waals surface area contributed by atoms with E-state index in [1.165, 1.54) is 0 Å². The number of para-hydroxylation sites is 4.